The molecule has 0 unspecified atom stereocenters. The number of H-pyrrole nitrogens is 1. The number of halogens is 1. The molecule has 0 atom stereocenters. The van der Waals surface area contributed by atoms with E-state index in [1.54, 1.807) is 37.8 Å². The predicted molar refractivity (Wildman–Crippen MR) is 108 cm³/mol. The van der Waals surface area contributed by atoms with Gasteiger partial charge in [0.05, 0.1) is 12.2 Å². The minimum Gasteiger partial charge on any atom is -0.462 e. The summed E-state index contributed by atoms with van der Waals surface area (Å²) in [5.74, 6) is -0.729. The number of hydrogen-bond donors (Lipinski definition) is 1. The second-order valence-corrected chi connectivity index (χ2v) is 7.36. The maximum atomic E-state index is 13.9. The first-order valence-electron chi connectivity index (χ1n) is 10.0. The van der Waals surface area contributed by atoms with Crippen LogP contribution in [0.15, 0.2) is 24.3 Å². The molecule has 1 aliphatic heterocycles. The van der Waals surface area contributed by atoms with Crippen LogP contribution < -0.4 is 0 Å². The molecular weight excluding hydrogens is 373 g/mol. The van der Waals surface area contributed by atoms with Gasteiger partial charge in [-0.1, -0.05) is 18.2 Å². The number of ether oxygens (including phenoxy) is 1. The Balaban J connectivity index is 1.69. The summed E-state index contributed by atoms with van der Waals surface area (Å²) in [7, 11) is 0. The van der Waals surface area contributed by atoms with Gasteiger partial charge in [-0.05, 0) is 38.8 Å². The topological polar surface area (TPSA) is 65.6 Å². The molecule has 2 heterocycles. The van der Waals surface area contributed by atoms with Gasteiger partial charge < -0.3 is 14.6 Å². The second-order valence-electron chi connectivity index (χ2n) is 7.36. The van der Waals surface area contributed by atoms with Crippen molar-refractivity contribution in [1.82, 2.24) is 14.8 Å². The normalized spacial score (nSPS) is 15.2. The number of nitrogens with one attached hydrogen (secondary N) is 1. The van der Waals surface area contributed by atoms with Crippen molar-refractivity contribution < 1.29 is 18.7 Å². The minimum absolute atomic E-state index is 0.117. The van der Waals surface area contributed by atoms with Gasteiger partial charge in [-0.15, -0.1) is 0 Å². The highest BCUT2D eigenvalue weighted by Crippen LogP contribution is 2.21. The molecule has 1 saturated heterocycles. The Morgan fingerprint density at radius 3 is 2.62 bits per heavy atom. The number of aryl methyl sites for hydroxylation is 1. The number of amides is 1. The van der Waals surface area contributed by atoms with Gasteiger partial charge in [-0.2, -0.15) is 0 Å². The van der Waals surface area contributed by atoms with Crippen LogP contribution in [0.2, 0.25) is 0 Å². The van der Waals surface area contributed by atoms with Gasteiger partial charge in [0.1, 0.15) is 11.5 Å². The van der Waals surface area contributed by atoms with E-state index in [4.69, 9.17) is 4.74 Å². The zero-order valence-electron chi connectivity index (χ0n) is 17.3. The molecule has 29 heavy (non-hydrogen) atoms. The zero-order chi connectivity index (χ0) is 21.0. The van der Waals surface area contributed by atoms with E-state index in [1.165, 1.54) is 6.07 Å². The molecule has 0 bridgehead atoms. The Morgan fingerprint density at radius 1 is 1.14 bits per heavy atom. The Morgan fingerprint density at radius 2 is 1.90 bits per heavy atom. The van der Waals surface area contributed by atoms with Crippen LogP contribution in [-0.4, -0.2) is 59.4 Å². The number of aromatic nitrogens is 1. The second kappa shape index (κ2) is 9.22. The van der Waals surface area contributed by atoms with Gasteiger partial charge in [0, 0.05) is 44.0 Å². The minimum atomic E-state index is -0.412. The van der Waals surface area contributed by atoms with Gasteiger partial charge in [-0.25, -0.2) is 9.18 Å². The van der Waals surface area contributed by atoms with E-state index in [2.05, 4.69) is 9.88 Å². The Bertz CT molecular complexity index is 893. The summed E-state index contributed by atoms with van der Waals surface area (Å²) in [5, 5.41) is 0. The molecule has 1 aromatic heterocycles. The van der Waals surface area contributed by atoms with Crippen LogP contribution in [0.5, 0.6) is 0 Å². The van der Waals surface area contributed by atoms with Crippen molar-refractivity contribution in [3.63, 3.8) is 0 Å². The van der Waals surface area contributed by atoms with Crippen LogP contribution in [0.1, 0.15) is 51.0 Å². The summed E-state index contributed by atoms with van der Waals surface area (Å²) in [6.45, 7) is 8.76. The van der Waals surface area contributed by atoms with Gasteiger partial charge in [0.15, 0.2) is 0 Å². The van der Waals surface area contributed by atoms with Crippen molar-refractivity contribution in [3.05, 3.63) is 58.2 Å². The standard InChI is InChI=1S/C22H28FN3O3/c1-4-29-22(28)19-15(2)20(24-16(19)3)21(27)26-11-7-10-25(12-13-26)14-17-8-5-6-9-18(17)23/h5-6,8-9,24H,4,7,10-14H2,1-3H3. The fourth-order valence-electron chi connectivity index (χ4n) is 3.83. The smallest absolute Gasteiger partial charge is 0.340 e. The summed E-state index contributed by atoms with van der Waals surface area (Å²) >= 11 is 0. The number of hydrogen-bond acceptors (Lipinski definition) is 4. The van der Waals surface area contributed by atoms with Crippen LogP contribution in [0.4, 0.5) is 4.39 Å². The number of carbonyl (C=O) groups excluding carboxylic acids is 2. The van der Waals surface area contributed by atoms with Crippen molar-refractivity contribution >= 4 is 11.9 Å². The molecule has 1 aromatic carbocycles. The van der Waals surface area contributed by atoms with Crippen LogP contribution >= 0.6 is 0 Å². The molecule has 156 valence electrons. The predicted octanol–water partition coefficient (Wildman–Crippen LogP) is 3.30. The maximum Gasteiger partial charge on any atom is 0.340 e. The molecule has 1 N–H and O–H groups in total. The van der Waals surface area contributed by atoms with Crippen molar-refractivity contribution in [2.24, 2.45) is 0 Å². The molecule has 0 aliphatic carbocycles. The largest absolute Gasteiger partial charge is 0.462 e. The molecule has 3 rings (SSSR count). The third kappa shape index (κ3) is 4.67. The fourth-order valence-corrected chi connectivity index (χ4v) is 3.83. The molecule has 2 aromatic rings. The lowest BCUT2D eigenvalue weighted by Gasteiger charge is -2.22. The Labute approximate surface area is 170 Å². The van der Waals surface area contributed by atoms with Crippen molar-refractivity contribution in [3.8, 4) is 0 Å². The van der Waals surface area contributed by atoms with Crippen LogP contribution in [0.25, 0.3) is 0 Å². The highest BCUT2D eigenvalue weighted by Gasteiger charge is 2.27. The van der Waals surface area contributed by atoms with Crippen LogP contribution in [0.3, 0.4) is 0 Å². The molecule has 1 amide bonds. The lowest BCUT2D eigenvalue weighted by atomic mass is 10.1. The van der Waals surface area contributed by atoms with Crippen molar-refractivity contribution in [2.45, 2.75) is 33.7 Å². The summed E-state index contributed by atoms with van der Waals surface area (Å²) in [6.07, 6.45) is 0.809. The lowest BCUT2D eigenvalue weighted by Crippen LogP contribution is -2.35. The molecule has 0 spiro atoms. The van der Waals surface area contributed by atoms with Crippen molar-refractivity contribution in [2.75, 3.05) is 32.8 Å². The first-order valence-corrected chi connectivity index (χ1v) is 10.0. The quantitative estimate of drug-likeness (QED) is 0.781. The van der Waals surface area contributed by atoms with Gasteiger partial charge >= 0.3 is 5.97 Å². The third-order valence-electron chi connectivity index (χ3n) is 5.36. The highest BCUT2D eigenvalue weighted by molar-refractivity contribution is 6.00. The van der Waals surface area contributed by atoms with Crippen molar-refractivity contribution in [1.29, 1.82) is 0 Å². The van der Waals surface area contributed by atoms with E-state index in [0.717, 1.165) is 13.0 Å². The van der Waals surface area contributed by atoms with E-state index in [-0.39, 0.29) is 18.3 Å². The third-order valence-corrected chi connectivity index (χ3v) is 5.36. The molecule has 1 fully saturated rings. The molecule has 1 aliphatic rings. The van der Waals surface area contributed by atoms with Crippen LogP contribution in [-0.2, 0) is 11.3 Å². The number of esters is 1. The molecule has 0 radical (unpaired) electrons. The number of benzene rings is 1. The first kappa shape index (κ1) is 21.0. The zero-order valence-corrected chi connectivity index (χ0v) is 17.3. The van der Waals surface area contributed by atoms with E-state index >= 15 is 0 Å². The Hall–Kier alpha value is -2.67. The summed E-state index contributed by atoms with van der Waals surface area (Å²) in [5.41, 5.74) is 2.81. The van der Waals surface area contributed by atoms with Gasteiger partial charge in [-0.3, -0.25) is 9.69 Å². The van der Waals surface area contributed by atoms with Crippen LogP contribution in [0, 0.1) is 19.7 Å². The van der Waals surface area contributed by atoms with E-state index in [0.29, 0.717) is 54.3 Å². The molecule has 6 nitrogen and oxygen atoms in total. The fraction of sp³-hybridized carbons (Fsp3) is 0.455. The summed E-state index contributed by atoms with van der Waals surface area (Å²) in [6, 6.07) is 6.79. The average Bonchev–Trinajstić information content (AvgIpc) is 2.85. The van der Waals surface area contributed by atoms with Gasteiger partial charge in [0.2, 0.25) is 0 Å². The monoisotopic (exact) mass is 401 g/mol. The number of nitrogens with zero attached hydrogens (tertiary/aromatic N) is 2. The van der Waals surface area contributed by atoms with E-state index in [1.807, 2.05) is 6.07 Å². The van der Waals surface area contributed by atoms with E-state index < -0.39 is 5.97 Å². The number of carbonyl (C=O) groups is 2. The molecule has 7 heteroatoms. The lowest BCUT2D eigenvalue weighted by molar-refractivity contribution is 0.0525. The number of rotatable bonds is 5. The SMILES string of the molecule is CCOC(=O)c1c(C)[nH]c(C(=O)N2CCCN(Cc3ccccc3F)CC2)c1C. The summed E-state index contributed by atoms with van der Waals surface area (Å²) in [4.78, 5) is 32.3. The van der Waals surface area contributed by atoms with Gasteiger partial charge in [0.25, 0.3) is 5.91 Å². The maximum absolute atomic E-state index is 13.9. The molecule has 0 saturated carbocycles. The first-order chi connectivity index (χ1) is 13.9. The van der Waals surface area contributed by atoms with E-state index in [9.17, 15) is 14.0 Å². The average molecular weight is 401 g/mol. The summed E-state index contributed by atoms with van der Waals surface area (Å²) < 4.78 is 19.1. The molecular formula is C22H28FN3O3. The number of aromatic amines is 1. The Kier molecular flexibility index (Phi) is 6.69. The highest BCUT2D eigenvalue weighted by atomic mass is 19.1.